The van der Waals surface area contributed by atoms with E-state index in [1.165, 1.54) is 0 Å². The molecule has 2 amide bonds. The van der Waals surface area contributed by atoms with Crippen molar-refractivity contribution in [1.82, 2.24) is 10.6 Å². The maximum absolute atomic E-state index is 13.0. The van der Waals surface area contributed by atoms with Crippen molar-refractivity contribution in [3.8, 4) is 0 Å². The van der Waals surface area contributed by atoms with Crippen LogP contribution in [0.3, 0.4) is 0 Å². The lowest BCUT2D eigenvalue weighted by atomic mass is 10.1. The molecule has 1 aliphatic heterocycles. The second-order valence-corrected chi connectivity index (χ2v) is 6.03. The molecule has 1 aromatic rings. The molecule has 126 valence electrons. The number of rotatable bonds is 4. The quantitative estimate of drug-likeness (QED) is 0.788. The average molecular weight is 325 g/mol. The Labute approximate surface area is 133 Å². The molecule has 0 radical (unpaired) electrons. The first-order valence-electron chi connectivity index (χ1n) is 7.44. The molecular formula is C16H21F2N3O2. The van der Waals surface area contributed by atoms with Crippen molar-refractivity contribution in [1.29, 1.82) is 0 Å². The summed E-state index contributed by atoms with van der Waals surface area (Å²) >= 11 is 0. The van der Waals surface area contributed by atoms with Crippen LogP contribution in [0.5, 0.6) is 0 Å². The van der Waals surface area contributed by atoms with E-state index >= 15 is 0 Å². The monoisotopic (exact) mass is 325 g/mol. The van der Waals surface area contributed by atoms with Gasteiger partial charge in [-0.1, -0.05) is 17.7 Å². The lowest BCUT2D eigenvalue weighted by Gasteiger charge is -2.14. The van der Waals surface area contributed by atoms with Crippen LogP contribution in [0.15, 0.2) is 12.1 Å². The summed E-state index contributed by atoms with van der Waals surface area (Å²) in [5.74, 6) is -3.85. The Morgan fingerprint density at radius 1 is 1.26 bits per heavy atom. The Morgan fingerprint density at radius 3 is 2.39 bits per heavy atom. The molecule has 1 aromatic carbocycles. The summed E-state index contributed by atoms with van der Waals surface area (Å²) in [5, 5.41) is 7.58. The number of amides is 2. The van der Waals surface area contributed by atoms with Gasteiger partial charge in [0, 0.05) is 12.1 Å². The third-order valence-corrected chi connectivity index (χ3v) is 3.79. The predicted octanol–water partition coefficient (Wildman–Crippen LogP) is 1.66. The van der Waals surface area contributed by atoms with Crippen LogP contribution in [0.1, 0.15) is 23.1 Å². The molecule has 23 heavy (non-hydrogen) atoms. The topological polar surface area (TPSA) is 70.2 Å². The van der Waals surface area contributed by atoms with Crippen LogP contribution in [-0.4, -0.2) is 36.9 Å². The smallest absolute Gasteiger partial charge is 0.262 e. The van der Waals surface area contributed by atoms with E-state index < -0.39 is 36.7 Å². The molecular weight excluding hydrogens is 304 g/mol. The normalized spacial score (nSPS) is 19.4. The first-order valence-corrected chi connectivity index (χ1v) is 7.44. The highest BCUT2D eigenvalue weighted by molar-refractivity contribution is 5.96. The number of alkyl halides is 2. The number of hydrogen-bond acceptors (Lipinski definition) is 3. The van der Waals surface area contributed by atoms with Crippen LogP contribution in [0.4, 0.5) is 14.5 Å². The largest absolute Gasteiger partial charge is 0.346 e. The zero-order valence-electron chi connectivity index (χ0n) is 13.4. The van der Waals surface area contributed by atoms with Gasteiger partial charge in [-0.2, -0.15) is 0 Å². The molecule has 1 fully saturated rings. The van der Waals surface area contributed by atoms with Gasteiger partial charge in [0.1, 0.15) is 0 Å². The van der Waals surface area contributed by atoms with Gasteiger partial charge in [-0.05, 0) is 31.9 Å². The third-order valence-electron chi connectivity index (χ3n) is 3.79. The fraction of sp³-hybridized carbons (Fsp3) is 0.500. The van der Waals surface area contributed by atoms with Gasteiger partial charge in [0.2, 0.25) is 11.8 Å². The minimum absolute atomic E-state index is 0.255. The molecule has 1 heterocycles. The molecule has 0 spiro atoms. The van der Waals surface area contributed by atoms with Crippen LogP contribution in [0.25, 0.3) is 0 Å². The Morgan fingerprint density at radius 2 is 1.87 bits per heavy atom. The van der Waals surface area contributed by atoms with E-state index in [0.717, 1.165) is 16.7 Å². The lowest BCUT2D eigenvalue weighted by molar-refractivity contribution is -0.125. The average Bonchev–Trinajstić information content (AvgIpc) is 2.80. The van der Waals surface area contributed by atoms with Gasteiger partial charge >= 0.3 is 0 Å². The molecule has 2 rings (SSSR count). The van der Waals surface area contributed by atoms with Crippen molar-refractivity contribution in [2.24, 2.45) is 0 Å². The van der Waals surface area contributed by atoms with Gasteiger partial charge in [-0.3, -0.25) is 14.9 Å². The van der Waals surface area contributed by atoms with E-state index in [0.29, 0.717) is 5.69 Å². The Kier molecular flexibility index (Phi) is 4.99. The van der Waals surface area contributed by atoms with Crippen molar-refractivity contribution in [2.75, 3.05) is 18.4 Å². The summed E-state index contributed by atoms with van der Waals surface area (Å²) in [6.45, 7) is 4.97. The predicted molar refractivity (Wildman–Crippen MR) is 83.6 cm³/mol. The van der Waals surface area contributed by atoms with Gasteiger partial charge in [-0.25, -0.2) is 8.78 Å². The maximum Gasteiger partial charge on any atom is 0.262 e. The van der Waals surface area contributed by atoms with E-state index in [4.69, 9.17) is 0 Å². The number of carbonyl (C=O) groups excluding carboxylic acids is 2. The molecule has 0 saturated carbocycles. The summed E-state index contributed by atoms with van der Waals surface area (Å²) in [6, 6.07) is 2.94. The van der Waals surface area contributed by atoms with Crippen LogP contribution < -0.4 is 16.0 Å². The minimum Gasteiger partial charge on any atom is -0.346 e. The SMILES string of the molecule is Cc1cc(C)c(NC(=O)CNC(=O)C2CC(F)(F)CN2)c(C)c1. The van der Waals surface area contributed by atoms with Crippen LogP contribution in [-0.2, 0) is 9.59 Å². The van der Waals surface area contributed by atoms with Crippen molar-refractivity contribution in [3.05, 3.63) is 28.8 Å². The van der Waals surface area contributed by atoms with Gasteiger partial charge < -0.3 is 10.6 Å². The molecule has 7 heteroatoms. The van der Waals surface area contributed by atoms with Crippen LogP contribution >= 0.6 is 0 Å². The molecule has 0 aliphatic carbocycles. The fourth-order valence-electron chi connectivity index (χ4n) is 2.75. The van der Waals surface area contributed by atoms with Crippen molar-refractivity contribution < 1.29 is 18.4 Å². The van der Waals surface area contributed by atoms with Crippen molar-refractivity contribution in [3.63, 3.8) is 0 Å². The molecule has 1 aliphatic rings. The molecule has 1 unspecified atom stereocenters. The van der Waals surface area contributed by atoms with Gasteiger partial charge in [0.15, 0.2) is 0 Å². The number of anilines is 1. The highest BCUT2D eigenvalue weighted by atomic mass is 19.3. The minimum atomic E-state index is -2.87. The molecule has 1 atom stereocenters. The number of hydrogen-bond donors (Lipinski definition) is 3. The summed E-state index contributed by atoms with van der Waals surface area (Å²) < 4.78 is 26.1. The Hall–Kier alpha value is -2.02. The number of carbonyl (C=O) groups is 2. The van der Waals surface area contributed by atoms with Crippen molar-refractivity contribution >= 4 is 17.5 Å². The first-order chi connectivity index (χ1) is 10.7. The van der Waals surface area contributed by atoms with Gasteiger partial charge in [0.05, 0.1) is 19.1 Å². The summed E-state index contributed by atoms with van der Waals surface area (Å²) in [4.78, 5) is 23.7. The number of benzene rings is 1. The van der Waals surface area contributed by atoms with E-state index in [-0.39, 0.29) is 6.54 Å². The number of nitrogens with one attached hydrogen (secondary N) is 3. The van der Waals surface area contributed by atoms with Crippen LogP contribution in [0.2, 0.25) is 0 Å². The first kappa shape index (κ1) is 17.3. The number of halogens is 2. The fourth-order valence-corrected chi connectivity index (χ4v) is 2.75. The highest BCUT2D eigenvalue weighted by Gasteiger charge is 2.42. The highest BCUT2D eigenvalue weighted by Crippen LogP contribution is 2.25. The zero-order valence-corrected chi connectivity index (χ0v) is 13.4. The number of aryl methyl sites for hydroxylation is 3. The van der Waals surface area contributed by atoms with E-state index in [1.807, 2.05) is 32.9 Å². The zero-order chi connectivity index (χ0) is 17.2. The van der Waals surface area contributed by atoms with Crippen LogP contribution in [0, 0.1) is 20.8 Å². The Balaban J connectivity index is 1.88. The third kappa shape index (κ3) is 4.48. The van der Waals surface area contributed by atoms with Gasteiger partial charge in [-0.15, -0.1) is 0 Å². The van der Waals surface area contributed by atoms with Crippen molar-refractivity contribution in [2.45, 2.75) is 39.2 Å². The molecule has 3 N–H and O–H groups in total. The summed E-state index contributed by atoms with van der Waals surface area (Å²) in [7, 11) is 0. The molecule has 1 saturated heterocycles. The molecule has 0 aromatic heterocycles. The second kappa shape index (κ2) is 6.62. The maximum atomic E-state index is 13.0. The molecule has 0 bridgehead atoms. The summed E-state index contributed by atoms with van der Waals surface area (Å²) in [6.07, 6.45) is -0.545. The molecule has 5 nitrogen and oxygen atoms in total. The summed E-state index contributed by atoms with van der Waals surface area (Å²) in [5.41, 5.74) is 3.67. The standard InChI is InChI=1S/C16H21F2N3O2/c1-9-4-10(2)14(11(3)5-9)21-13(22)7-19-15(23)12-6-16(17,18)8-20-12/h4-5,12,20H,6-8H2,1-3H3,(H,19,23)(H,21,22). The van der Waals surface area contributed by atoms with E-state index in [1.54, 1.807) is 0 Å². The second-order valence-electron chi connectivity index (χ2n) is 6.03. The van der Waals surface area contributed by atoms with Gasteiger partial charge in [0.25, 0.3) is 5.92 Å². The lowest BCUT2D eigenvalue weighted by Crippen LogP contribution is -2.43. The Bertz CT molecular complexity index is 609. The van der Waals surface area contributed by atoms with E-state index in [9.17, 15) is 18.4 Å². The van der Waals surface area contributed by atoms with E-state index in [2.05, 4.69) is 16.0 Å².